The summed E-state index contributed by atoms with van der Waals surface area (Å²) in [5.41, 5.74) is -1.88. The lowest BCUT2D eigenvalue weighted by molar-refractivity contribution is -0.150. The average molecular weight is 313 g/mol. The first-order chi connectivity index (χ1) is 10.2. The zero-order valence-corrected chi connectivity index (χ0v) is 13.6. The van der Waals surface area contributed by atoms with Crippen molar-refractivity contribution in [3.05, 3.63) is 0 Å². The summed E-state index contributed by atoms with van der Waals surface area (Å²) < 4.78 is 14.9. The zero-order valence-electron chi connectivity index (χ0n) is 13.6. The fourth-order valence-corrected chi connectivity index (χ4v) is 3.53. The van der Waals surface area contributed by atoms with Crippen LogP contribution in [0.1, 0.15) is 33.6 Å². The molecule has 124 valence electrons. The van der Waals surface area contributed by atoms with Crippen LogP contribution in [0.2, 0.25) is 0 Å². The summed E-state index contributed by atoms with van der Waals surface area (Å²) in [6.45, 7) is 5.22. The van der Waals surface area contributed by atoms with Gasteiger partial charge in [-0.2, -0.15) is 0 Å². The number of ether oxygens (including phenoxy) is 3. The van der Waals surface area contributed by atoms with E-state index in [0.717, 1.165) is 0 Å². The Morgan fingerprint density at radius 3 is 2.27 bits per heavy atom. The number of fused-ring (bicyclic) bond motifs is 1. The van der Waals surface area contributed by atoms with Crippen molar-refractivity contribution in [3.8, 4) is 0 Å². The summed E-state index contributed by atoms with van der Waals surface area (Å²) in [4.78, 5) is 36.2. The third-order valence-corrected chi connectivity index (χ3v) is 4.36. The van der Waals surface area contributed by atoms with Crippen molar-refractivity contribution in [2.24, 2.45) is 17.8 Å². The van der Waals surface area contributed by atoms with Gasteiger partial charge >= 0.3 is 18.0 Å². The minimum atomic E-state index is -1.21. The maximum Gasteiger partial charge on any atom is 0.408 e. The predicted octanol–water partition coefficient (Wildman–Crippen LogP) is 1.25. The molecule has 0 spiro atoms. The molecule has 0 radical (unpaired) electrons. The molecule has 0 aromatic heterocycles. The SMILES string of the molecule is COC(=O)[C@@H]1[C@@H]2CC[C@@](NC(=O)OC(C)(C)C)(C(=O)OC)[C@@H]21. The van der Waals surface area contributed by atoms with Crippen LogP contribution < -0.4 is 5.32 Å². The summed E-state index contributed by atoms with van der Waals surface area (Å²) in [6, 6.07) is 0. The Hall–Kier alpha value is -1.79. The molecular formula is C15H23NO6. The lowest BCUT2D eigenvalue weighted by atomic mass is 9.90. The van der Waals surface area contributed by atoms with E-state index in [4.69, 9.17) is 14.2 Å². The van der Waals surface area contributed by atoms with Crippen molar-refractivity contribution < 1.29 is 28.6 Å². The largest absolute Gasteiger partial charge is 0.469 e. The molecule has 0 unspecified atom stereocenters. The van der Waals surface area contributed by atoms with Crippen LogP contribution in [-0.2, 0) is 23.8 Å². The first-order valence-electron chi connectivity index (χ1n) is 7.33. The Bertz CT molecular complexity index is 497. The molecule has 2 saturated carbocycles. The van der Waals surface area contributed by atoms with Gasteiger partial charge in [-0.15, -0.1) is 0 Å². The van der Waals surface area contributed by atoms with Crippen LogP contribution in [0.5, 0.6) is 0 Å². The molecule has 7 nitrogen and oxygen atoms in total. The Morgan fingerprint density at radius 2 is 1.77 bits per heavy atom. The number of hydrogen-bond acceptors (Lipinski definition) is 6. The number of nitrogens with one attached hydrogen (secondary N) is 1. The van der Waals surface area contributed by atoms with Crippen LogP contribution in [0.4, 0.5) is 4.79 Å². The van der Waals surface area contributed by atoms with Crippen LogP contribution in [0.15, 0.2) is 0 Å². The number of carbonyl (C=O) groups is 3. The number of amides is 1. The molecule has 4 atom stereocenters. The van der Waals surface area contributed by atoms with Crippen LogP contribution in [-0.4, -0.2) is 43.4 Å². The van der Waals surface area contributed by atoms with Crippen LogP contribution >= 0.6 is 0 Å². The average Bonchev–Trinajstić information content (AvgIpc) is 3.04. The quantitative estimate of drug-likeness (QED) is 0.623. The number of hydrogen-bond donors (Lipinski definition) is 1. The molecule has 0 aliphatic heterocycles. The topological polar surface area (TPSA) is 90.9 Å². The van der Waals surface area contributed by atoms with Crippen molar-refractivity contribution >= 4 is 18.0 Å². The molecule has 7 heteroatoms. The molecule has 0 saturated heterocycles. The third-order valence-electron chi connectivity index (χ3n) is 4.36. The van der Waals surface area contributed by atoms with Gasteiger partial charge in [-0.3, -0.25) is 4.79 Å². The number of methoxy groups -OCH3 is 2. The minimum Gasteiger partial charge on any atom is -0.469 e. The van der Waals surface area contributed by atoms with Crippen molar-refractivity contribution in [1.82, 2.24) is 5.32 Å². The first kappa shape index (κ1) is 16.6. The van der Waals surface area contributed by atoms with Gasteiger partial charge in [0.25, 0.3) is 0 Å². The second-order valence-electron chi connectivity index (χ2n) is 6.87. The standard InChI is InChI=1S/C15H23NO6/c1-14(2,3)22-13(19)16-15(12(18)21-5)7-6-8-9(10(8)15)11(17)20-4/h8-10H,6-7H2,1-5H3,(H,16,19)/t8-,9+,10-,15-/m0/s1. The molecular weight excluding hydrogens is 290 g/mol. The van der Waals surface area contributed by atoms with E-state index in [9.17, 15) is 14.4 Å². The first-order valence-corrected chi connectivity index (χ1v) is 7.33. The summed E-state index contributed by atoms with van der Waals surface area (Å²) >= 11 is 0. The van der Waals surface area contributed by atoms with Gasteiger partial charge in [0.2, 0.25) is 0 Å². The van der Waals surface area contributed by atoms with Gasteiger partial charge in [0.05, 0.1) is 20.1 Å². The third kappa shape index (κ3) is 2.76. The number of carbonyl (C=O) groups excluding carboxylic acids is 3. The van der Waals surface area contributed by atoms with Gasteiger partial charge in [0, 0.05) is 5.92 Å². The minimum absolute atomic E-state index is 0.0430. The van der Waals surface area contributed by atoms with Crippen LogP contribution in [0, 0.1) is 17.8 Å². The summed E-state index contributed by atoms with van der Waals surface area (Å²) in [5.74, 6) is -1.51. The Morgan fingerprint density at radius 1 is 1.14 bits per heavy atom. The highest BCUT2D eigenvalue weighted by Crippen LogP contribution is 2.63. The normalized spacial score (nSPS) is 32.7. The van der Waals surface area contributed by atoms with Gasteiger partial charge in [-0.1, -0.05) is 0 Å². The van der Waals surface area contributed by atoms with Crippen molar-refractivity contribution in [2.75, 3.05) is 14.2 Å². The van der Waals surface area contributed by atoms with E-state index in [2.05, 4.69) is 5.32 Å². The van der Waals surface area contributed by atoms with E-state index >= 15 is 0 Å². The van der Waals surface area contributed by atoms with Gasteiger partial charge in [0.15, 0.2) is 0 Å². The molecule has 0 bridgehead atoms. The highest BCUT2D eigenvalue weighted by Gasteiger charge is 2.72. The molecule has 22 heavy (non-hydrogen) atoms. The molecule has 0 aromatic rings. The van der Waals surface area contributed by atoms with E-state index in [-0.39, 0.29) is 23.7 Å². The maximum absolute atomic E-state index is 12.3. The molecule has 2 fully saturated rings. The molecule has 2 rings (SSSR count). The van der Waals surface area contributed by atoms with Crippen LogP contribution in [0.3, 0.4) is 0 Å². The molecule has 1 N–H and O–H groups in total. The van der Waals surface area contributed by atoms with Gasteiger partial charge < -0.3 is 19.5 Å². The van der Waals surface area contributed by atoms with Gasteiger partial charge in [-0.05, 0) is 39.5 Å². The monoisotopic (exact) mass is 313 g/mol. The highest BCUT2D eigenvalue weighted by molar-refractivity contribution is 5.90. The van der Waals surface area contributed by atoms with Crippen molar-refractivity contribution in [3.63, 3.8) is 0 Å². The van der Waals surface area contributed by atoms with E-state index in [1.807, 2.05) is 0 Å². The molecule has 1 amide bonds. The lowest BCUT2D eigenvalue weighted by Gasteiger charge is -2.31. The fourth-order valence-electron chi connectivity index (χ4n) is 3.53. The Labute approximate surface area is 129 Å². The Kier molecular flexibility index (Phi) is 4.10. The van der Waals surface area contributed by atoms with E-state index < -0.39 is 23.2 Å². The molecule has 2 aliphatic rings. The van der Waals surface area contributed by atoms with Gasteiger partial charge in [-0.25, -0.2) is 9.59 Å². The van der Waals surface area contributed by atoms with Crippen molar-refractivity contribution in [2.45, 2.75) is 44.8 Å². The Balaban J connectivity index is 2.19. The highest BCUT2D eigenvalue weighted by atomic mass is 16.6. The van der Waals surface area contributed by atoms with Gasteiger partial charge in [0.1, 0.15) is 11.1 Å². The smallest absolute Gasteiger partial charge is 0.408 e. The van der Waals surface area contributed by atoms with Crippen LogP contribution in [0.25, 0.3) is 0 Å². The number of alkyl carbamates (subject to hydrolysis) is 1. The predicted molar refractivity (Wildman–Crippen MR) is 75.8 cm³/mol. The fraction of sp³-hybridized carbons (Fsp3) is 0.800. The lowest BCUT2D eigenvalue weighted by Crippen LogP contribution is -2.57. The molecule has 0 heterocycles. The summed E-state index contributed by atoms with van der Waals surface area (Å²) in [6.07, 6.45) is 0.408. The van der Waals surface area contributed by atoms with E-state index in [1.54, 1.807) is 20.8 Å². The number of esters is 2. The van der Waals surface area contributed by atoms with Crippen molar-refractivity contribution in [1.29, 1.82) is 0 Å². The zero-order chi connectivity index (χ0) is 16.7. The second kappa shape index (κ2) is 5.44. The molecule has 2 aliphatic carbocycles. The summed E-state index contributed by atoms with van der Waals surface area (Å²) in [7, 11) is 2.58. The second-order valence-corrected chi connectivity index (χ2v) is 6.87. The molecule has 0 aromatic carbocycles. The maximum atomic E-state index is 12.3. The number of rotatable bonds is 3. The van der Waals surface area contributed by atoms with E-state index in [0.29, 0.717) is 12.8 Å². The van der Waals surface area contributed by atoms with E-state index in [1.165, 1.54) is 14.2 Å². The summed E-state index contributed by atoms with van der Waals surface area (Å²) in [5, 5.41) is 2.66.